The molecule has 1 heteroatoms. The van der Waals surface area contributed by atoms with Crippen LogP contribution in [0.2, 0.25) is 0 Å². The van der Waals surface area contributed by atoms with Gasteiger partial charge in [-0.25, -0.2) is 0 Å². The van der Waals surface area contributed by atoms with E-state index in [0.29, 0.717) is 17.8 Å². The molecule has 23 heavy (non-hydrogen) atoms. The van der Waals surface area contributed by atoms with Crippen molar-refractivity contribution in [2.75, 3.05) is 0 Å². The van der Waals surface area contributed by atoms with Gasteiger partial charge in [-0.1, -0.05) is 39.8 Å². The van der Waals surface area contributed by atoms with Gasteiger partial charge in [0.15, 0.2) is 0 Å². The molecule has 0 spiro atoms. The lowest BCUT2D eigenvalue weighted by molar-refractivity contribution is 0.0244. The second kappa shape index (κ2) is 6.81. The highest BCUT2D eigenvalue weighted by Gasteiger charge is 2.30. The van der Waals surface area contributed by atoms with Crippen molar-refractivity contribution in [1.29, 1.82) is 0 Å². The normalized spacial score (nSPS) is 27.4. The highest BCUT2D eigenvalue weighted by Crippen LogP contribution is 2.43. The molecule has 128 valence electrons. The van der Waals surface area contributed by atoms with Crippen LogP contribution in [0.3, 0.4) is 0 Å². The lowest BCUT2D eigenvalue weighted by Gasteiger charge is -2.35. The van der Waals surface area contributed by atoms with Gasteiger partial charge in [0.25, 0.3) is 0 Å². The fourth-order valence-electron chi connectivity index (χ4n) is 3.87. The molecule has 3 atom stereocenters. The van der Waals surface area contributed by atoms with Gasteiger partial charge < -0.3 is 4.74 Å². The molecule has 1 aliphatic rings. The zero-order valence-electron chi connectivity index (χ0n) is 16.4. The minimum absolute atomic E-state index is 0.141. The summed E-state index contributed by atoms with van der Waals surface area (Å²) in [5.74, 6) is 1.58. The predicted octanol–water partition coefficient (Wildman–Crippen LogP) is 6.59. The minimum Gasteiger partial charge on any atom is -0.367 e. The van der Waals surface area contributed by atoms with Crippen LogP contribution in [0.5, 0.6) is 0 Å². The molecule has 0 amide bonds. The van der Waals surface area contributed by atoms with Crippen molar-refractivity contribution in [3.63, 3.8) is 0 Å². The first-order valence-electron chi connectivity index (χ1n) is 9.12. The van der Waals surface area contributed by atoms with E-state index < -0.39 is 0 Å². The van der Waals surface area contributed by atoms with Crippen LogP contribution >= 0.6 is 0 Å². The molecule has 0 bridgehead atoms. The molecule has 1 aromatic carbocycles. The third kappa shape index (κ3) is 3.40. The van der Waals surface area contributed by atoms with Gasteiger partial charge in [-0.15, -0.1) is 0 Å². The number of allylic oxidation sites excluding steroid dienone is 1. The van der Waals surface area contributed by atoms with E-state index >= 15 is 0 Å². The van der Waals surface area contributed by atoms with Gasteiger partial charge in [-0.2, -0.15) is 0 Å². The van der Waals surface area contributed by atoms with Gasteiger partial charge >= 0.3 is 0 Å². The number of benzene rings is 1. The summed E-state index contributed by atoms with van der Waals surface area (Å²) in [6.45, 7) is 20.4. The largest absolute Gasteiger partial charge is 0.367 e. The van der Waals surface area contributed by atoms with Crippen molar-refractivity contribution < 1.29 is 4.74 Å². The van der Waals surface area contributed by atoms with Crippen LogP contribution in [-0.2, 0) is 4.74 Å². The van der Waals surface area contributed by atoms with Crippen LogP contribution in [0.1, 0.15) is 94.2 Å². The molecule has 0 saturated carbocycles. The van der Waals surface area contributed by atoms with E-state index in [2.05, 4.69) is 74.5 Å². The van der Waals surface area contributed by atoms with Crippen LogP contribution < -0.4 is 0 Å². The molecule has 0 aliphatic carbocycles. The average molecular weight is 315 g/mol. The van der Waals surface area contributed by atoms with E-state index in [1.807, 2.05) is 0 Å². The summed E-state index contributed by atoms with van der Waals surface area (Å²) in [6.07, 6.45) is 2.78. The van der Waals surface area contributed by atoms with Crippen molar-refractivity contribution >= 4 is 0 Å². The number of hydrogen-bond donors (Lipinski definition) is 0. The predicted molar refractivity (Wildman–Crippen MR) is 100 cm³/mol. The maximum atomic E-state index is 6.36. The van der Waals surface area contributed by atoms with Gasteiger partial charge in [0.2, 0.25) is 0 Å². The first-order chi connectivity index (χ1) is 10.6. The number of fused-ring (bicyclic) bond motifs is 1. The zero-order valence-corrected chi connectivity index (χ0v) is 16.4. The van der Waals surface area contributed by atoms with Crippen LogP contribution in [0.25, 0.3) is 0 Å². The summed E-state index contributed by atoms with van der Waals surface area (Å²) >= 11 is 0. The maximum absolute atomic E-state index is 6.36. The summed E-state index contributed by atoms with van der Waals surface area (Å²) < 4.78 is 6.36. The Morgan fingerprint density at radius 2 is 1.52 bits per heavy atom. The van der Waals surface area contributed by atoms with Gasteiger partial charge in [0.1, 0.15) is 0 Å². The quantitative estimate of drug-likeness (QED) is 0.559. The Bertz CT molecular complexity index is 607. The Morgan fingerprint density at radius 3 is 2.04 bits per heavy atom. The number of aryl methyl sites for hydroxylation is 1. The SMILES string of the molecule is C/C1=C/C(C(C)C)c2c(C(C)C)cc(C)c(C)c2[C@H](C)O[C@@H]1C. The minimum atomic E-state index is 0.141. The zero-order chi connectivity index (χ0) is 17.5. The smallest absolute Gasteiger partial charge is 0.0810 e. The first-order valence-corrected chi connectivity index (χ1v) is 9.12. The van der Waals surface area contributed by atoms with Crippen molar-refractivity contribution in [3.05, 3.63) is 45.5 Å². The number of hydrogen-bond acceptors (Lipinski definition) is 1. The molecule has 1 heterocycles. The van der Waals surface area contributed by atoms with Crippen molar-refractivity contribution in [3.8, 4) is 0 Å². The topological polar surface area (TPSA) is 9.23 Å². The molecule has 0 radical (unpaired) electrons. The molecular formula is C22H34O. The van der Waals surface area contributed by atoms with E-state index in [0.717, 1.165) is 0 Å². The monoisotopic (exact) mass is 314 g/mol. The fourth-order valence-corrected chi connectivity index (χ4v) is 3.87. The molecule has 0 N–H and O–H groups in total. The van der Waals surface area contributed by atoms with E-state index in [1.165, 1.54) is 33.4 Å². The molecule has 1 nitrogen and oxygen atoms in total. The van der Waals surface area contributed by atoms with Crippen LogP contribution in [-0.4, -0.2) is 6.10 Å². The summed E-state index contributed by atoms with van der Waals surface area (Å²) in [7, 11) is 0. The second-order valence-corrected chi connectivity index (χ2v) is 7.99. The summed E-state index contributed by atoms with van der Waals surface area (Å²) in [6, 6.07) is 2.41. The average Bonchev–Trinajstić information content (AvgIpc) is 2.44. The van der Waals surface area contributed by atoms with Gasteiger partial charge in [-0.05, 0) is 79.8 Å². The van der Waals surface area contributed by atoms with E-state index in [-0.39, 0.29) is 12.2 Å². The van der Waals surface area contributed by atoms with E-state index in [1.54, 1.807) is 0 Å². The molecule has 2 rings (SSSR count). The molecule has 0 fully saturated rings. The van der Waals surface area contributed by atoms with Gasteiger partial charge in [0.05, 0.1) is 12.2 Å². The Hall–Kier alpha value is -1.08. The standard InChI is InChI=1S/C22H34O/c1-12(2)19-10-14(5)16(7)21-18(9)23-17(8)15(6)11-20(13(3)4)22(19)21/h10-13,17-18,20H,1-9H3/b15-11-/t17-,18+,20?/m1/s1. The molecular weight excluding hydrogens is 280 g/mol. The summed E-state index contributed by atoms with van der Waals surface area (Å²) in [4.78, 5) is 0. The highest BCUT2D eigenvalue weighted by molar-refractivity contribution is 5.51. The number of rotatable bonds is 2. The fraction of sp³-hybridized carbons (Fsp3) is 0.636. The highest BCUT2D eigenvalue weighted by atomic mass is 16.5. The van der Waals surface area contributed by atoms with E-state index in [4.69, 9.17) is 4.74 Å². The molecule has 0 saturated heterocycles. The Morgan fingerprint density at radius 1 is 0.913 bits per heavy atom. The maximum Gasteiger partial charge on any atom is 0.0810 e. The third-order valence-electron chi connectivity index (χ3n) is 5.54. The second-order valence-electron chi connectivity index (χ2n) is 7.99. The summed E-state index contributed by atoms with van der Waals surface area (Å²) in [5, 5.41) is 0. The molecule has 1 aliphatic heterocycles. The Labute approximate surface area is 143 Å². The Balaban J connectivity index is 2.85. The molecule has 0 aromatic heterocycles. The van der Waals surface area contributed by atoms with Crippen LogP contribution in [0, 0.1) is 19.8 Å². The van der Waals surface area contributed by atoms with Crippen LogP contribution in [0.15, 0.2) is 17.7 Å². The number of ether oxygens (including phenoxy) is 1. The van der Waals surface area contributed by atoms with Gasteiger partial charge in [0, 0.05) is 5.92 Å². The first kappa shape index (κ1) is 18.3. The molecule has 1 unspecified atom stereocenters. The van der Waals surface area contributed by atoms with Crippen molar-refractivity contribution in [2.24, 2.45) is 5.92 Å². The van der Waals surface area contributed by atoms with Crippen molar-refractivity contribution in [1.82, 2.24) is 0 Å². The van der Waals surface area contributed by atoms with Crippen LogP contribution in [0.4, 0.5) is 0 Å². The van der Waals surface area contributed by atoms with Crippen molar-refractivity contribution in [2.45, 2.75) is 86.4 Å². The van der Waals surface area contributed by atoms with Gasteiger partial charge in [-0.3, -0.25) is 0 Å². The third-order valence-corrected chi connectivity index (χ3v) is 5.54. The molecule has 1 aromatic rings. The summed E-state index contributed by atoms with van der Waals surface area (Å²) in [5.41, 5.74) is 8.60. The Kier molecular flexibility index (Phi) is 5.41. The lowest BCUT2D eigenvalue weighted by Crippen LogP contribution is -2.23. The lowest BCUT2D eigenvalue weighted by atomic mass is 9.75. The van der Waals surface area contributed by atoms with E-state index in [9.17, 15) is 0 Å².